The van der Waals surface area contributed by atoms with Crippen molar-refractivity contribution in [1.82, 2.24) is 0 Å². The first-order valence-electron chi connectivity index (χ1n) is 4.19. The maximum absolute atomic E-state index is 12.4. The Morgan fingerprint density at radius 3 is 2.69 bits per heavy atom. The van der Waals surface area contributed by atoms with Gasteiger partial charge in [0.25, 0.3) is 0 Å². The second-order valence-electron chi connectivity index (χ2n) is 3.22. The van der Waals surface area contributed by atoms with E-state index >= 15 is 0 Å². The number of halogens is 2. The van der Waals surface area contributed by atoms with Gasteiger partial charge in [0.1, 0.15) is 0 Å². The van der Waals surface area contributed by atoms with Gasteiger partial charge in [-0.05, 0) is 23.8 Å². The van der Waals surface area contributed by atoms with Crippen molar-refractivity contribution in [2.24, 2.45) is 11.8 Å². The normalized spacial score (nSPS) is 25.0. The summed E-state index contributed by atoms with van der Waals surface area (Å²) in [4.78, 5) is 10.3. The molecule has 1 heterocycles. The Morgan fingerprint density at radius 2 is 2.31 bits per heavy atom. The number of rotatable bonds is 4. The van der Waals surface area contributed by atoms with Gasteiger partial charge in [0, 0.05) is 5.92 Å². The first kappa shape index (κ1) is 10.8. The summed E-state index contributed by atoms with van der Waals surface area (Å²) < 4.78 is 24.9. The van der Waals surface area contributed by atoms with Gasteiger partial charge in [0.15, 0.2) is 0 Å². The molecule has 5 heteroatoms. The Hall–Kier alpha value is -0.320. The molecule has 0 amide bonds. The number of alkyl halides is 2. The number of thioether (sulfide) groups is 1. The molecule has 1 N–H and O–H groups in total. The molecule has 1 rings (SSSR count). The highest BCUT2D eigenvalue weighted by atomic mass is 32.2. The lowest BCUT2D eigenvalue weighted by Crippen LogP contribution is -2.24. The van der Waals surface area contributed by atoms with Crippen LogP contribution < -0.4 is 0 Å². The predicted molar refractivity (Wildman–Crippen MR) is 47.2 cm³/mol. The summed E-state index contributed by atoms with van der Waals surface area (Å²) in [7, 11) is 0. The van der Waals surface area contributed by atoms with Crippen LogP contribution in [0.25, 0.3) is 0 Å². The second-order valence-corrected chi connectivity index (χ2v) is 4.37. The van der Waals surface area contributed by atoms with Crippen LogP contribution in [0.2, 0.25) is 0 Å². The van der Waals surface area contributed by atoms with Crippen molar-refractivity contribution < 1.29 is 18.7 Å². The largest absolute Gasteiger partial charge is 0.481 e. The molecule has 0 saturated carbocycles. The van der Waals surface area contributed by atoms with Crippen LogP contribution in [0.3, 0.4) is 0 Å². The van der Waals surface area contributed by atoms with Crippen molar-refractivity contribution in [1.29, 1.82) is 0 Å². The molecule has 0 aromatic heterocycles. The highest BCUT2D eigenvalue weighted by Crippen LogP contribution is 2.34. The van der Waals surface area contributed by atoms with Gasteiger partial charge < -0.3 is 5.11 Å². The Bertz CT molecular complexity index is 181. The minimum Gasteiger partial charge on any atom is -0.481 e. The monoisotopic (exact) mass is 210 g/mol. The van der Waals surface area contributed by atoms with Crippen molar-refractivity contribution in [2.75, 3.05) is 11.5 Å². The number of hydrogen-bond donors (Lipinski definition) is 1. The van der Waals surface area contributed by atoms with E-state index in [1.165, 1.54) is 0 Å². The van der Waals surface area contributed by atoms with Gasteiger partial charge in [-0.1, -0.05) is 0 Å². The molecule has 0 aromatic rings. The number of aliphatic carboxylic acids is 1. The third-order valence-electron chi connectivity index (χ3n) is 2.30. The van der Waals surface area contributed by atoms with Gasteiger partial charge in [0.05, 0.1) is 6.42 Å². The highest BCUT2D eigenvalue weighted by molar-refractivity contribution is 7.99. The van der Waals surface area contributed by atoms with Gasteiger partial charge in [-0.15, -0.1) is 0 Å². The Labute approximate surface area is 79.7 Å². The highest BCUT2D eigenvalue weighted by Gasteiger charge is 2.33. The maximum atomic E-state index is 12.4. The Morgan fingerprint density at radius 1 is 1.62 bits per heavy atom. The van der Waals surface area contributed by atoms with E-state index in [-0.39, 0.29) is 5.92 Å². The van der Waals surface area contributed by atoms with Gasteiger partial charge in [0.2, 0.25) is 6.43 Å². The molecule has 2 atom stereocenters. The molecular formula is C8H12F2O2S. The van der Waals surface area contributed by atoms with Crippen LogP contribution in [0, 0.1) is 11.8 Å². The number of carbonyl (C=O) groups is 1. The van der Waals surface area contributed by atoms with E-state index in [9.17, 15) is 13.6 Å². The van der Waals surface area contributed by atoms with Crippen LogP contribution in [0.15, 0.2) is 0 Å². The maximum Gasteiger partial charge on any atom is 0.303 e. The summed E-state index contributed by atoms with van der Waals surface area (Å²) in [6.45, 7) is 0. The Kier molecular flexibility index (Phi) is 3.96. The van der Waals surface area contributed by atoms with Crippen LogP contribution in [-0.2, 0) is 4.79 Å². The summed E-state index contributed by atoms with van der Waals surface area (Å²) in [5, 5.41) is 8.45. The minimum atomic E-state index is -2.50. The van der Waals surface area contributed by atoms with Crippen LogP contribution >= 0.6 is 11.8 Å². The average molecular weight is 210 g/mol. The number of hydrogen-bond acceptors (Lipinski definition) is 2. The lowest BCUT2D eigenvalue weighted by atomic mass is 9.89. The first-order valence-corrected chi connectivity index (χ1v) is 5.34. The predicted octanol–water partition coefficient (Wildman–Crippen LogP) is 2.10. The third-order valence-corrected chi connectivity index (χ3v) is 3.49. The molecule has 0 radical (unpaired) electrons. The van der Waals surface area contributed by atoms with E-state index in [4.69, 9.17) is 5.11 Å². The fourth-order valence-electron chi connectivity index (χ4n) is 1.55. The molecule has 0 bridgehead atoms. The molecular weight excluding hydrogens is 198 g/mol. The van der Waals surface area contributed by atoms with Crippen molar-refractivity contribution >= 4 is 17.7 Å². The summed E-state index contributed by atoms with van der Waals surface area (Å²) in [5.41, 5.74) is 0. The zero-order valence-corrected chi connectivity index (χ0v) is 7.90. The molecule has 1 fully saturated rings. The van der Waals surface area contributed by atoms with Gasteiger partial charge >= 0.3 is 5.97 Å². The van der Waals surface area contributed by atoms with E-state index in [0.29, 0.717) is 5.75 Å². The lowest BCUT2D eigenvalue weighted by molar-refractivity contribution is -0.140. The Balaban J connectivity index is 2.50. The molecule has 0 spiro atoms. The summed E-state index contributed by atoms with van der Waals surface area (Å²) in [6.07, 6.45) is -2.17. The fourth-order valence-corrected chi connectivity index (χ4v) is 2.91. The molecule has 1 aliphatic heterocycles. The standard InChI is InChI=1S/C8H12F2O2S/c9-8(10)6(3-7(11)12)5-1-2-13-4-5/h5-6,8H,1-4H2,(H,11,12). The lowest BCUT2D eigenvalue weighted by Gasteiger charge is -2.19. The molecule has 13 heavy (non-hydrogen) atoms. The van der Waals surface area contributed by atoms with E-state index in [2.05, 4.69) is 0 Å². The number of carboxylic acids is 1. The molecule has 76 valence electrons. The third kappa shape index (κ3) is 3.14. The fraction of sp³-hybridized carbons (Fsp3) is 0.875. The molecule has 0 aliphatic carbocycles. The van der Waals surface area contributed by atoms with Crippen LogP contribution in [0.5, 0.6) is 0 Å². The van der Waals surface area contributed by atoms with E-state index < -0.39 is 24.7 Å². The first-order chi connectivity index (χ1) is 6.11. The quantitative estimate of drug-likeness (QED) is 0.772. The van der Waals surface area contributed by atoms with E-state index in [1.54, 1.807) is 11.8 Å². The minimum absolute atomic E-state index is 0.110. The average Bonchev–Trinajstić information content (AvgIpc) is 2.50. The van der Waals surface area contributed by atoms with Crippen LogP contribution in [0.1, 0.15) is 12.8 Å². The number of carboxylic acid groups (broad SMARTS) is 1. The zero-order valence-electron chi connectivity index (χ0n) is 7.08. The SMILES string of the molecule is O=C(O)CC(C(F)F)C1CCSC1. The summed E-state index contributed by atoms with van der Waals surface area (Å²) in [5.74, 6) is -0.619. The summed E-state index contributed by atoms with van der Waals surface area (Å²) in [6, 6.07) is 0. The van der Waals surface area contributed by atoms with Crippen LogP contribution in [-0.4, -0.2) is 29.0 Å². The zero-order chi connectivity index (χ0) is 9.84. The van der Waals surface area contributed by atoms with Gasteiger partial charge in [-0.2, -0.15) is 11.8 Å². The van der Waals surface area contributed by atoms with Crippen molar-refractivity contribution in [3.05, 3.63) is 0 Å². The second kappa shape index (κ2) is 4.79. The van der Waals surface area contributed by atoms with Crippen molar-refractivity contribution in [3.8, 4) is 0 Å². The van der Waals surface area contributed by atoms with E-state index in [1.807, 2.05) is 0 Å². The topological polar surface area (TPSA) is 37.3 Å². The molecule has 1 aliphatic rings. The molecule has 2 unspecified atom stereocenters. The van der Waals surface area contributed by atoms with Crippen LogP contribution in [0.4, 0.5) is 8.78 Å². The smallest absolute Gasteiger partial charge is 0.303 e. The van der Waals surface area contributed by atoms with Crippen molar-refractivity contribution in [2.45, 2.75) is 19.3 Å². The van der Waals surface area contributed by atoms with E-state index in [0.717, 1.165) is 12.2 Å². The molecule has 2 nitrogen and oxygen atoms in total. The molecule has 0 aromatic carbocycles. The van der Waals surface area contributed by atoms with Gasteiger partial charge in [-0.25, -0.2) is 8.78 Å². The van der Waals surface area contributed by atoms with Gasteiger partial charge in [-0.3, -0.25) is 4.79 Å². The van der Waals surface area contributed by atoms with Crippen molar-refractivity contribution in [3.63, 3.8) is 0 Å². The molecule has 1 saturated heterocycles. The summed E-state index contributed by atoms with van der Waals surface area (Å²) >= 11 is 1.63.